The number of phenolic OH excluding ortho intramolecular Hbond substituents is 1. The van der Waals surface area contributed by atoms with E-state index in [-0.39, 0.29) is 30.4 Å². The van der Waals surface area contributed by atoms with Crippen molar-refractivity contribution < 1.29 is 33.4 Å². The van der Waals surface area contributed by atoms with Crippen molar-refractivity contribution in [1.29, 1.82) is 0 Å². The van der Waals surface area contributed by atoms with Crippen LogP contribution in [0, 0.1) is 29.5 Å². The van der Waals surface area contributed by atoms with Crippen LogP contribution in [0.3, 0.4) is 0 Å². The van der Waals surface area contributed by atoms with Crippen molar-refractivity contribution in [2.75, 3.05) is 17.4 Å². The third kappa shape index (κ3) is 5.00. The number of halogens is 3. The average Bonchev–Trinajstić information content (AvgIpc) is 3.51. The van der Waals surface area contributed by atoms with E-state index in [4.69, 9.17) is 16.3 Å². The molecular weight excluding hydrogens is 741 g/mol. The van der Waals surface area contributed by atoms with Crippen LogP contribution < -0.4 is 15.1 Å². The molecule has 51 heavy (non-hydrogen) atoms. The summed E-state index contributed by atoms with van der Waals surface area (Å²) in [5.74, 6) is -6.22. The third-order valence-corrected chi connectivity index (χ3v) is 11.7. The lowest BCUT2D eigenvalue weighted by atomic mass is 9.49. The van der Waals surface area contributed by atoms with Crippen molar-refractivity contribution in [3.8, 4) is 11.5 Å². The molecule has 8 rings (SSSR count). The highest BCUT2D eigenvalue weighted by Gasteiger charge is 2.70. The van der Waals surface area contributed by atoms with Gasteiger partial charge < -0.3 is 9.84 Å². The molecule has 3 fully saturated rings. The average molecular weight is 771 g/mol. The molecule has 2 aliphatic carbocycles. The molecular formula is C39H30BrClFN3O6. The largest absolute Gasteiger partial charge is 0.508 e. The zero-order valence-corrected chi connectivity index (χ0v) is 29.4. The Morgan fingerprint density at radius 3 is 2.27 bits per heavy atom. The number of benzene rings is 4. The summed E-state index contributed by atoms with van der Waals surface area (Å²) in [6.07, 6.45) is 2.21. The normalized spacial score (nSPS) is 26.8. The quantitative estimate of drug-likeness (QED) is 0.158. The topological polar surface area (TPSA) is 116 Å². The fraction of sp³-hybridized carbons (Fsp3) is 0.231. The van der Waals surface area contributed by atoms with Gasteiger partial charge in [-0.15, -0.1) is 0 Å². The minimum Gasteiger partial charge on any atom is -0.508 e. The fourth-order valence-electron chi connectivity index (χ4n) is 8.74. The summed E-state index contributed by atoms with van der Waals surface area (Å²) in [7, 11) is 1.47. The standard InChI is InChI=1S/C39H30BrClFN3O6/c1-51-26-14-15-28(32(46)18-26)34-27-16-17-29-33(37(49)44(35(29)47)25-12-4-21(40)5-13-25)30(27)19-31-36(48)45(43-24-10-8-23(42)9-11-24)38(50)39(31,34)20-2-6-22(41)7-3-20/h2-16,18,29-31,33-34,43,46H,17,19H2,1H3. The number of carbonyl (C=O) groups is 4. The molecule has 9 nitrogen and oxygen atoms in total. The molecule has 4 aliphatic rings. The van der Waals surface area contributed by atoms with Gasteiger partial charge in [0.2, 0.25) is 11.8 Å². The SMILES string of the molecule is COc1ccc(C2C3=CCC4C(=O)N(c5ccc(Br)cc5)C(=O)C4C3CC3C(=O)N(Nc4ccc(F)cc4)C(=O)C32c2ccc(Cl)cc2)c(O)c1. The lowest BCUT2D eigenvalue weighted by Gasteiger charge is -2.50. The zero-order chi connectivity index (χ0) is 35.8. The minimum absolute atomic E-state index is 0.0718. The Labute approximate surface area is 305 Å². The highest BCUT2D eigenvalue weighted by atomic mass is 79.9. The molecule has 2 heterocycles. The third-order valence-electron chi connectivity index (χ3n) is 10.9. The first-order valence-electron chi connectivity index (χ1n) is 16.4. The second-order valence-electron chi connectivity index (χ2n) is 13.3. The number of nitrogens with one attached hydrogen (secondary N) is 1. The summed E-state index contributed by atoms with van der Waals surface area (Å²) in [6, 6.07) is 23.7. The number of nitrogens with zero attached hydrogens (tertiary/aromatic N) is 2. The summed E-state index contributed by atoms with van der Waals surface area (Å²) in [6.45, 7) is 0. The summed E-state index contributed by atoms with van der Waals surface area (Å²) in [5.41, 5.74) is 3.59. The van der Waals surface area contributed by atoms with Crippen molar-refractivity contribution in [2.24, 2.45) is 23.7 Å². The Morgan fingerprint density at radius 1 is 0.902 bits per heavy atom. The van der Waals surface area contributed by atoms with Crippen LogP contribution in [0.15, 0.2) is 107 Å². The maximum Gasteiger partial charge on any atom is 0.260 e. The Bertz CT molecular complexity index is 2140. The van der Waals surface area contributed by atoms with E-state index in [0.717, 1.165) is 9.48 Å². The van der Waals surface area contributed by atoms with Gasteiger partial charge in [-0.2, -0.15) is 5.01 Å². The number of fused-ring (bicyclic) bond motifs is 4. The van der Waals surface area contributed by atoms with Crippen molar-refractivity contribution in [2.45, 2.75) is 24.2 Å². The molecule has 2 N–H and O–H groups in total. The van der Waals surface area contributed by atoms with Gasteiger partial charge in [0.1, 0.15) is 17.3 Å². The maximum atomic E-state index is 15.2. The Morgan fingerprint density at radius 2 is 1.61 bits per heavy atom. The second kappa shape index (κ2) is 12.3. The molecule has 0 radical (unpaired) electrons. The first-order valence-corrected chi connectivity index (χ1v) is 17.6. The van der Waals surface area contributed by atoms with Crippen molar-refractivity contribution in [3.05, 3.63) is 129 Å². The molecule has 2 saturated heterocycles. The molecule has 6 atom stereocenters. The number of carbonyl (C=O) groups excluding carboxylic acids is 4. The molecule has 0 aromatic heterocycles. The molecule has 1 saturated carbocycles. The maximum absolute atomic E-state index is 15.2. The van der Waals surface area contributed by atoms with Crippen LogP contribution in [-0.4, -0.2) is 40.9 Å². The van der Waals surface area contributed by atoms with Gasteiger partial charge in [0.05, 0.1) is 41.7 Å². The number of hydrazine groups is 1. The van der Waals surface area contributed by atoms with Gasteiger partial charge in [0.15, 0.2) is 0 Å². The van der Waals surface area contributed by atoms with Crippen LogP contribution in [0.1, 0.15) is 29.9 Å². The number of amides is 4. The van der Waals surface area contributed by atoms with Crippen LogP contribution in [0.4, 0.5) is 15.8 Å². The first kappa shape index (κ1) is 33.2. The van der Waals surface area contributed by atoms with E-state index in [1.807, 2.05) is 6.08 Å². The van der Waals surface area contributed by atoms with Gasteiger partial charge in [-0.05, 0) is 91.1 Å². The summed E-state index contributed by atoms with van der Waals surface area (Å²) >= 11 is 9.75. The van der Waals surface area contributed by atoms with Crippen molar-refractivity contribution in [1.82, 2.24) is 5.01 Å². The fourth-order valence-corrected chi connectivity index (χ4v) is 9.13. The number of anilines is 2. The Balaban J connectivity index is 1.33. The van der Waals surface area contributed by atoms with E-state index >= 15 is 4.79 Å². The molecule has 0 spiro atoms. The molecule has 4 aromatic rings. The number of phenols is 1. The van der Waals surface area contributed by atoms with Crippen LogP contribution in [-0.2, 0) is 24.6 Å². The number of allylic oxidation sites excluding steroid dienone is 2. The van der Waals surface area contributed by atoms with Crippen molar-refractivity contribution in [3.63, 3.8) is 0 Å². The summed E-state index contributed by atoms with van der Waals surface area (Å²) in [5, 5.41) is 13.0. The van der Waals surface area contributed by atoms with Gasteiger partial charge in [0.25, 0.3) is 11.8 Å². The molecule has 258 valence electrons. The van der Waals surface area contributed by atoms with Gasteiger partial charge in [-0.1, -0.05) is 57.4 Å². The van der Waals surface area contributed by atoms with Crippen molar-refractivity contribution >= 4 is 62.5 Å². The lowest BCUT2D eigenvalue weighted by Crippen LogP contribution is -2.53. The number of rotatable bonds is 6. The molecule has 0 bridgehead atoms. The smallest absolute Gasteiger partial charge is 0.260 e. The lowest BCUT2D eigenvalue weighted by molar-refractivity contribution is -0.138. The van der Waals surface area contributed by atoms with Crippen LogP contribution in [0.2, 0.25) is 5.02 Å². The van der Waals surface area contributed by atoms with E-state index < -0.39 is 52.6 Å². The molecule has 6 unspecified atom stereocenters. The van der Waals surface area contributed by atoms with Crippen LogP contribution >= 0.6 is 27.5 Å². The summed E-state index contributed by atoms with van der Waals surface area (Å²) < 4.78 is 20.0. The second-order valence-corrected chi connectivity index (χ2v) is 14.6. The number of imide groups is 2. The minimum atomic E-state index is -1.62. The highest BCUT2D eigenvalue weighted by Crippen LogP contribution is 2.65. The van der Waals surface area contributed by atoms with E-state index in [1.165, 1.54) is 42.3 Å². The van der Waals surface area contributed by atoms with E-state index in [9.17, 15) is 23.9 Å². The number of methoxy groups -OCH3 is 1. The highest BCUT2D eigenvalue weighted by molar-refractivity contribution is 9.10. The van der Waals surface area contributed by atoms with Gasteiger partial charge in [-0.25, -0.2) is 4.39 Å². The summed E-state index contributed by atoms with van der Waals surface area (Å²) in [4.78, 5) is 59.5. The first-order chi connectivity index (χ1) is 24.5. The number of ether oxygens (including phenoxy) is 1. The number of hydrogen-bond donors (Lipinski definition) is 2. The number of aromatic hydroxyl groups is 1. The number of hydrogen-bond acceptors (Lipinski definition) is 7. The molecule has 2 aliphatic heterocycles. The Kier molecular flexibility index (Phi) is 8.03. The van der Waals surface area contributed by atoms with Crippen LogP contribution in [0.25, 0.3) is 0 Å². The van der Waals surface area contributed by atoms with E-state index in [0.29, 0.717) is 38.8 Å². The molecule has 12 heteroatoms. The predicted octanol–water partition coefficient (Wildman–Crippen LogP) is 7.15. The van der Waals surface area contributed by atoms with Gasteiger partial charge in [-0.3, -0.25) is 29.5 Å². The molecule has 4 amide bonds. The molecule has 4 aromatic carbocycles. The van der Waals surface area contributed by atoms with Gasteiger partial charge in [0, 0.05) is 27.0 Å². The zero-order valence-electron chi connectivity index (χ0n) is 27.1. The van der Waals surface area contributed by atoms with Gasteiger partial charge >= 0.3 is 0 Å². The van der Waals surface area contributed by atoms with E-state index in [2.05, 4.69) is 21.4 Å². The monoisotopic (exact) mass is 769 g/mol. The van der Waals surface area contributed by atoms with E-state index in [1.54, 1.807) is 60.7 Å². The van der Waals surface area contributed by atoms with Crippen LogP contribution in [0.5, 0.6) is 11.5 Å². The predicted molar refractivity (Wildman–Crippen MR) is 190 cm³/mol. The Hall–Kier alpha value is -5.00.